The van der Waals surface area contributed by atoms with Crippen molar-refractivity contribution in [3.8, 4) is 11.3 Å². The highest BCUT2D eigenvalue weighted by Gasteiger charge is 2.13. The molecule has 0 atom stereocenters. The molecule has 1 nitrogen and oxygen atoms in total. The third kappa shape index (κ3) is 2.09. The van der Waals surface area contributed by atoms with Crippen molar-refractivity contribution in [2.24, 2.45) is 0 Å². The van der Waals surface area contributed by atoms with Gasteiger partial charge in [-0.2, -0.15) is 0 Å². The first kappa shape index (κ1) is 12.6. The van der Waals surface area contributed by atoms with Crippen molar-refractivity contribution in [1.29, 1.82) is 0 Å². The molecule has 0 aliphatic rings. The normalized spacial score (nSPS) is 10.1. The third-order valence-corrected chi connectivity index (χ3v) is 3.36. The number of pyridine rings is 1. The fourth-order valence-electron chi connectivity index (χ4n) is 1.91. The Balaban J connectivity index is 2.74. The Morgan fingerprint density at radius 1 is 1.11 bits per heavy atom. The van der Waals surface area contributed by atoms with Gasteiger partial charge in [0.05, 0.1) is 16.4 Å². The van der Waals surface area contributed by atoms with E-state index in [0.29, 0.717) is 5.02 Å². The Morgan fingerprint density at radius 2 is 1.78 bits per heavy atom. The minimum absolute atomic E-state index is 0.689. The highest BCUT2D eigenvalue weighted by Crippen LogP contribution is 2.32. The van der Waals surface area contributed by atoms with E-state index in [1.807, 2.05) is 37.3 Å². The average molecular weight is 256 g/mol. The maximum atomic E-state index is 6.37. The van der Waals surface area contributed by atoms with Gasteiger partial charge in [-0.25, -0.2) is 4.98 Å². The fourth-order valence-corrected chi connectivity index (χ4v) is 2.17. The van der Waals surface area contributed by atoms with Crippen molar-refractivity contribution in [3.05, 3.63) is 65.3 Å². The highest BCUT2D eigenvalue weighted by molar-refractivity contribution is 6.33. The van der Waals surface area contributed by atoms with Crippen molar-refractivity contribution in [3.63, 3.8) is 0 Å². The second-order valence-electron chi connectivity index (χ2n) is 3.97. The van der Waals surface area contributed by atoms with E-state index in [4.69, 9.17) is 11.6 Å². The molecule has 0 N–H and O–H groups in total. The number of benzene rings is 1. The van der Waals surface area contributed by atoms with Gasteiger partial charge in [-0.3, -0.25) is 0 Å². The van der Waals surface area contributed by atoms with Crippen LogP contribution in [0.2, 0.25) is 5.02 Å². The summed E-state index contributed by atoms with van der Waals surface area (Å²) in [7, 11) is 0. The van der Waals surface area contributed by atoms with E-state index in [-0.39, 0.29) is 0 Å². The molecule has 2 rings (SSSR count). The average Bonchev–Trinajstić information content (AvgIpc) is 2.42. The van der Waals surface area contributed by atoms with Gasteiger partial charge in [0.1, 0.15) is 0 Å². The Hall–Kier alpha value is -1.86. The molecule has 18 heavy (non-hydrogen) atoms. The molecule has 0 saturated carbocycles. The van der Waals surface area contributed by atoms with E-state index in [1.54, 1.807) is 12.2 Å². The van der Waals surface area contributed by atoms with Crippen LogP contribution in [0.3, 0.4) is 0 Å². The molecule has 0 amide bonds. The van der Waals surface area contributed by atoms with Gasteiger partial charge >= 0.3 is 0 Å². The summed E-state index contributed by atoms with van der Waals surface area (Å²) in [5.41, 5.74) is 4.50. The summed E-state index contributed by atoms with van der Waals surface area (Å²) in [5, 5.41) is 0.689. The molecule has 0 unspecified atom stereocenters. The Kier molecular flexibility index (Phi) is 3.63. The van der Waals surface area contributed by atoms with E-state index in [0.717, 1.165) is 28.1 Å². The molecule has 0 spiro atoms. The standard InChI is InChI=1S/C16H14ClN/c1-4-13-14(5-2)18-16(11(3)15(13)17)12-9-7-6-8-10-12/h4-10H,1-2H2,3H3. The van der Waals surface area contributed by atoms with Crippen molar-refractivity contribution in [2.45, 2.75) is 6.92 Å². The summed E-state index contributed by atoms with van der Waals surface area (Å²) in [6.07, 6.45) is 3.42. The summed E-state index contributed by atoms with van der Waals surface area (Å²) in [6, 6.07) is 9.99. The van der Waals surface area contributed by atoms with Gasteiger partial charge in [0.2, 0.25) is 0 Å². The van der Waals surface area contributed by atoms with Gasteiger partial charge in [-0.05, 0) is 18.6 Å². The summed E-state index contributed by atoms with van der Waals surface area (Å²) in [5.74, 6) is 0. The van der Waals surface area contributed by atoms with Crippen LogP contribution in [-0.4, -0.2) is 4.98 Å². The monoisotopic (exact) mass is 255 g/mol. The highest BCUT2D eigenvalue weighted by atomic mass is 35.5. The molecular formula is C16H14ClN. The first-order valence-electron chi connectivity index (χ1n) is 5.69. The van der Waals surface area contributed by atoms with Crippen LogP contribution in [0, 0.1) is 6.92 Å². The van der Waals surface area contributed by atoms with Crippen LogP contribution in [0.15, 0.2) is 43.5 Å². The SMILES string of the molecule is C=Cc1nc(-c2ccccc2)c(C)c(Cl)c1C=C. The van der Waals surface area contributed by atoms with Crippen LogP contribution < -0.4 is 0 Å². The van der Waals surface area contributed by atoms with Crippen LogP contribution in [0.1, 0.15) is 16.8 Å². The zero-order valence-electron chi connectivity index (χ0n) is 10.3. The van der Waals surface area contributed by atoms with Crippen molar-refractivity contribution in [1.82, 2.24) is 4.98 Å². The van der Waals surface area contributed by atoms with E-state index in [1.165, 1.54) is 0 Å². The van der Waals surface area contributed by atoms with Crippen LogP contribution in [0.5, 0.6) is 0 Å². The molecule has 0 saturated heterocycles. The minimum Gasteiger partial charge on any atom is -0.247 e. The quantitative estimate of drug-likeness (QED) is 0.752. The second-order valence-corrected chi connectivity index (χ2v) is 4.35. The van der Waals surface area contributed by atoms with E-state index in [2.05, 4.69) is 18.1 Å². The minimum atomic E-state index is 0.689. The molecule has 0 fully saturated rings. The molecule has 0 bridgehead atoms. The lowest BCUT2D eigenvalue weighted by molar-refractivity contribution is 1.24. The summed E-state index contributed by atoms with van der Waals surface area (Å²) >= 11 is 6.37. The smallest absolute Gasteiger partial charge is 0.0753 e. The maximum absolute atomic E-state index is 6.37. The van der Waals surface area contributed by atoms with Crippen LogP contribution in [0.4, 0.5) is 0 Å². The van der Waals surface area contributed by atoms with Gasteiger partial charge in [0, 0.05) is 11.1 Å². The van der Waals surface area contributed by atoms with Crippen LogP contribution >= 0.6 is 11.6 Å². The van der Waals surface area contributed by atoms with E-state index in [9.17, 15) is 0 Å². The first-order valence-corrected chi connectivity index (χ1v) is 6.07. The fraction of sp³-hybridized carbons (Fsp3) is 0.0625. The number of hydrogen-bond acceptors (Lipinski definition) is 1. The zero-order valence-corrected chi connectivity index (χ0v) is 11.0. The van der Waals surface area contributed by atoms with E-state index >= 15 is 0 Å². The molecule has 90 valence electrons. The number of rotatable bonds is 3. The Morgan fingerprint density at radius 3 is 2.33 bits per heavy atom. The van der Waals surface area contributed by atoms with Crippen molar-refractivity contribution in [2.75, 3.05) is 0 Å². The third-order valence-electron chi connectivity index (χ3n) is 2.87. The van der Waals surface area contributed by atoms with Crippen molar-refractivity contribution >= 4 is 23.8 Å². The molecule has 2 aromatic rings. The summed E-state index contributed by atoms with van der Waals surface area (Å²) in [6.45, 7) is 9.52. The van der Waals surface area contributed by atoms with Gasteiger partial charge < -0.3 is 0 Å². The molecular weight excluding hydrogens is 242 g/mol. The number of halogens is 1. The Labute approximate surface area is 112 Å². The van der Waals surface area contributed by atoms with Gasteiger partial charge in [-0.1, -0.05) is 61.2 Å². The summed E-state index contributed by atoms with van der Waals surface area (Å²) < 4.78 is 0. The largest absolute Gasteiger partial charge is 0.247 e. The van der Waals surface area contributed by atoms with Crippen LogP contribution in [0.25, 0.3) is 23.4 Å². The first-order chi connectivity index (χ1) is 8.69. The second kappa shape index (κ2) is 5.19. The number of nitrogens with zero attached hydrogens (tertiary/aromatic N) is 1. The van der Waals surface area contributed by atoms with Gasteiger partial charge in [0.25, 0.3) is 0 Å². The predicted molar refractivity (Wildman–Crippen MR) is 79.6 cm³/mol. The lowest BCUT2D eigenvalue weighted by Crippen LogP contribution is -1.96. The van der Waals surface area contributed by atoms with Crippen molar-refractivity contribution < 1.29 is 0 Å². The molecule has 0 aliphatic heterocycles. The molecule has 1 heterocycles. The molecule has 0 aliphatic carbocycles. The molecule has 0 radical (unpaired) electrons. The topological polar surface area (TPSA) is 12.9 Å². The lowest BCUT2D eigenvalue weighted by atomic mass is 10.0. The Bertz CT molecular complexity index is 600. The molecule has 1 aromatic heterocycles. The molecule has 1 aromatic carbocycles. The van der Waals surface area contributed by atoms with Gasteiger partial charge in [0.15, 0.2) is 0 Å². The van der Waals surface area contributed by atoms with Gasteiger partial charge in [-0.15, -0.1) is 0 Å². The zero-order chi connectivity index (χ0) is 13.1. The number of hydrogen-bond donors (Lipinski definition) is 0. The van der Waals surface area contributed by atoms with Crippen LogP contribution in [-0.2, 0) is 0 Å². The summed E-state index contributed by atoms with van der Waals surface area (Å²) in [4.78, 5) is 4.62. The maximum Gasteiger partial charge on any atom is 0.0753 e. The molecule has 2 heteroatoms. The van der Waals surface area contributed by atoms with E-state index < -0.39 is 0 Å². The predicted octanol–water partition coefficient (Wildman–Crippen LogP) is 5.00. The number of aromatic nitrogens is 1. The lowest BCUT2D eigenvalue weighted by Gasteiger charge is -2.12.